The Bertz CT molecular complexity index is 856. The molecule has 1 aromatic heterocycles. The van der Waals surface area contributed by atoms with Gasteiger partial charge in [0.15, 0.2) is 0 Å². The first-order chi connectivity index (χ1) is 12.7. The number of anilines is 1. The Morgan fingerprint density at radius 2 is 2.08 bits per heavy atom. The number of amides is 2. The van der Waals surface area contributed by atoms with Gasteiger partial charge in [0.2, 0.25) is 0 Å². The van der Waals surface area contributed by atoms with E-state index in [1.807, 2.05) is 48.7 Å². The predicted molar refractivity (Wildman–Crippen MR) is 104 cm³/mol. The second-order valence-corrected chi connectivity index (χ2v) is 6.69. The van der Waals surface area contributed by atoms with Crippen LogP contribution in [0.3, 0.4) is 0 Å². The first-order valence-electron chi connectivity index (χ1n) is 8.40. The van der Waals surface area contributed by atoms with Gasteiger partial charge in [-0.05, 0) is 30.0 Å². The number of hydrogen-bond donors (Lipinski definition) is 1. The van der Waals surface area contributed by atoms with Crippen LogP contribution in [0.2, 0.25) is 0 Å². The normalized spacial score (nSPS) is 14.1. The van der Waals surface area contributed by atoms with Gasteiger partial charge in [-0.15, -0.1) is 17.9 Å². The van der Waals surface area contributed by atoms with E-state index < -0.39 is 0 Å². The largest absolute Gasteiger partial charge is 0.494 e. The topological polar surface area (TPSA) is 58.6 Å². The summed E-state index contributed by atoms with van der Waals surface area (Å²) in [5.41, 5.74) is 1.38. The number of carbonyl (C=O) groups excluding carboxylic acids is 2. The number of hydrogen-bond acceptors (Lipinski definition) is 5. The monoisotopic (exact) mass is 368 g/mol. The van der Waals surface area contributed by atoms with E-state index in [4.69, 9.17) is 4.74 Å². The van der Waals surface area contributed by atoms with Crippen LogP contribution in [0.4, 0.5) is 5.69 Å². The number of benzene rings is 1. The molecule has 0 saturated heterocycles. The van der Waals surface area contributed by atoms with Crippen LogP contribution in [0, 0.1) is 0 Å². The van der Waals surface area contributed by atoms with Crippen molar-refractivity contribution in [2.24, 2.45) is 0 Å². The molecule has 0 aliphatic carbocycles. The van der Waals surface area contributed by atoms with Gasteiger partial charge < -0.3 is 10.1 Å². The lowest BCUT2D eigenvalue weighted by molar-refractivity contribution is -0.136. The SMILES string of the molecule is C=CCN1C(=O)C(Nc2cccc(OCCC)c2)=C(c2cccs2)C1=O. The highest BCUT2D eigenvalue weighted by atomic mass is 32.1. The molecule has 0 fully saturated rings. The van der Waals surface area contributed by atoms with Gasteiger partial charge in [0.1, 0.15) is 11.4 Å². The van der Waals surface area contributed by atoms with Gasteiger partial charge in [-0.3, -0.25) is 14.5 Å². The van der Waals surface area contributed by atoms with E-state index >= 15 is 0 Å². The van der Waals surface area contributed by atoms with Gasteiger partial charge in [-0.25, -0.2) is 0 Å². The van der Waals surface area contributed by atoms with E-state index in [0.29, 0.717) is 17.9 Å². The van der Waals surface area contributed by atoms with Crippen molar-refractivity contribution in [3.05, 3.63) is 65.0 Å². The first-order valence-corrected chi connectivity index (χ1v) is 9.28. The van der Waals surface area contributed by atoms with E-state index in [1.165, 1.54) is 16.2 Å². The van der Waals surface area contributed by atoms with Crippen molar-refractivity contribution < 1.29 is 14.3 Å². The van der Waals surface area contributed by atoms with Gasteiger partial charge in [-0.1, -0.05) is 25.1 Å². The summed E-state index contributed by atoms with van der Waals surface area (Å²) in [6.45, 7) is 6.47. The number of thiophene rings is 1. The molecule has 26 heavy (non-hydrogen) atoms. The number of rotatable bonds is 8. The lowest BCUT2D eigenvalue weighted by atomic mass is 10.2. The van der Waals surface area contributed by atoms with Crippen molar-refractivity contribution in [2.45, 2.75) is 13.3 Å². The summed E-state index contributed by atoms with van der Waals surface area (Å²) < 4.78 is 5.64. The fraction of sp³-hybridized carbons (Fsp3) is 0.200. The number of nitrogens with zero attached hydrogens (tertiary/aromatic N) is 1. The van der Waals surface area contributed by atoms with E-state index in [2.05, 4.69) is 11.9 Å². The molecule has 1 aliphatic rings. The highest BCUT2D eigenvalue weighted by Gasteiger charge is 2.38. The number of imide groups is 1. The van der Waals surface area contributed by atoms with Crippen molar-refractivity contribution in [1.29, 1.82) is 0 Å². The van der Waals surface area contributed by atoms with Crippen LogP contribution >= 0.6 is 11.3 Å². The third-order valence-corrected chi connectivity index (χ3v) is 4.71. The molecule has 0 saturated carbocycles. The van der Waals surface area contributed by atoms with Crippen molar-refractivity contribution in [1.82, 2.24) is 4.90 Å². The minimum absolute atomic E-state index is 0.178. The molecule has 6 heteroatoms. The van der Waals surface area contributed by atoms with Crippen LogP contribution < -0.4 is 10.1 Å². The second-order valence-electron chi connectivity index (χ2n) is 5.74. The second kappa shape index (κ2) is 8.01. The summed E-state index contributed by atoms with van der Waals surface area (Å²) in [7, 11) is 0. The molecule has 1 aliphatic heterocycles. The molecular formula is C20H20N2O3S. The lowest BCUT2D eigenvalue weighted by Gasteiger charge is -2.13. The fourth-order valence-corrected chi connectivity index (χ4v) is 3.43. The summed E-state index contributed by atoms with van der Waals surface area (Å²) in [5, 5.41) is 5.01. The van der Waals surface area contributed by atoms with E-state index in [1.54, 1.807) is 6.08 Å². The van der Waals surface area contributed by atoms with Gasteiger partial charge in [0.05, 0.1) is 12.2 Å². The molecule has 0 bridgehead atoms. The molecule has 134 valence electrons. The molecule has 2 heterocycles. The molecule has 0 atom stereocenters. The van der Waals surface area contributed by atoms with Gasteiger partial charge in [-0.2, -0.15) is 0 Å². The minimum Gasteiger partial charge on any atom is -0.494 e. The summed E-state index contributed by atoms with van der Waals surface area (Å²) in [6.07, 6.45) is 2.46. The van der Waals surface area contributed by atoms with E-state index in [-0.39, 0.29) is 24.1 Å². The predicted octanol–water partition coefficient (Wildman–Crippen LogP) is 3.91. The molecule has 5 nitrogen and oxygen atoms in total. The van der Waals surface area contributed by atoms with Gasteiger partial charge in [0.25, 0.3) is 11.8 Å². The Kier molecular flexibility index (Phi) is 5.53. The average molecular weight is 368 g/mol. The number of carbonyl (C=O) groups is 2. The summed E-state index contributed by atoms with van der Waals surface area (Å²) in [6, 6.07) is 11.1. The molecule has 1 N–H and O–H groups in total. The van der Waals surface area contributed by atoms with Crippen LogP contribution in [0.25, 0.3) is 5.57 Å². The Morgan fingerprint density at radius 1 is 1.23 bits per heavy atom. The first kappa shape index (κ1) is 17.9. The Hall–Kier alpha value is -2.86. The van der Waals surface area contributed by atoms with Crippen molar-refractivity contribution in [3.63, 3.8) is 0 Å². The Balaban J connectivity index is 1.95. The molecule has 2 amide bonds. The minimum atomic E-state index is -0.349. The van der Waals surface area contributed by atoms with Gasteiger partial charge >= 0.3 is 0 Å². The average Bonchev–Trinajstić information content (AvgIpc) is 3.24. The maximum atomic E-state index is 12.8. The third kappa shape index (κ3) is 3.55. The van der Waals surface area contributed by atoms with Crippen LogP contribution in [-0.4, -0.2) is 29.9 Å². The molecule has 0 unspecified atom stereocenters. The smallest absolute Gasteiger partial charge is 0.278 e. The van der Waals surface area contributed by atoms with E-state index in [0.717, 1.165) is 17.0 Å². The molecule has 0 radical (unpaired) electrons. The summed E-state index contributed by atoms with van der Waals surface area (Å²) in [5.74, 6) is 0.0614. The lowest BCUT2D eigenvalue weighted by Crippen LogP contribution is -2.32. The number of ether oxygens (including phenoxy) is 1. The van der Waals surface area contributed by atoms with Crippen LogP contribution in [-0.2, 0) is 9.59 Å². The zero-order valence-electron chi connectivity index (χ0n) is 14.5. The Morgan fingerprint density at radius 3 is 2.77 bits per heavy atom. The maximum Gasteiger partial charge on any atom is 0.278 e. The summed E-state index contributed by atoms with van der Waals surface area (Å²) >= 11 is 1.43. The quantitative estimate of drug-likeness (QED) is 0.567. The summed E-state index contributed by atoms with van der Waals surface area (Å²) in [4.78, 5) is 27.5. The van der Waals surface area contributed by atoms with Crippen molar-refractivity contribution in [3.8, 4) is 5.75 Å². The van der Waals surface area contributed by atoms with Crippen LogP contribution in [0.1, 0.15) is 18.2 Å². The molecule has 0 spiro atoms. The molecule has 3 rings (SSSR count). The zero-order valence-corrected chi connectivity index (χ0v) is 15.3. The van der Waals surface area contributed by atoms with Crippen LogP contribution in [0.5, 0.6) is 5.75 Å². The van der Waals surface area contributed by atoms with Crippen LogP contribution in [0.15, 0.2) is 60.1 Å². The third-order valence-electron chi connectivity index (χ3n) is 3.82. The number of nitrogens with one attached hydrogen (secondary N) is 1. The van der Waals surface area contributed by atoms with Crippen molar-refractivity contribution in [2.75, 3.05) is 18.5 Å². The highest BCUT2D eigenvalue weighted by molar-refractivity contribution is 7.11. The Labute approximate surface area is 156 Å². The molecule has 2 aromatic rings. The maximum absolute atomic E-state index is 12.8. The molecular weight excluding hydrogens is 348 g/mol. The fourth-order valence-electron chi connectivity index (χ4n) is 2.66. The van der Waals surface area contributed by atoms with E-state index in [9.17, 15) is 9.59 Å². The molecule has 1 aromatic carbocycles. The van der Waals surface area contributed by atoms with Crippen molar-refractivity contribution >= 4 is 34.4 Å². The van der Waals surface area contributed by atoms with Gasteiger partial charge in [0, 0.05) is 23.2 Å². The standard InChI is InChI=1S/C20H20N2O3S/c1-3-10-22-19(23)17(16-9-6-12-26-16)18(20(22)24)21-14-7-5-8-15(13-14)25-11-4-2/h3,5-9,12-13,21H,1,4,10-11H2,2H3. The zero-order chi connectivity index (χ0) is 18.5. The highest BCUT2D eigenvalue weighted by Crippen LogP contribution is 2.33.